The van der Waals surface area contributed by atoms with E-state index in [4.69, 9.17) is 28.4 Å². The van der Waals surface area contributed by atoms with Gasteiger partial charge >= 0.3 is 11.9 Å². The van der Waals surface area contributed by atoms with Crippen LogP contribution in [0.2, 0.25) is 0 Å². The van der Waals surface area contributed by atoms with Crippen molar-refractivity contribution >= 4 is 11.9 Å². The third kappa shape index (κ3) is 10.0. The summed E-state index contributed by atoms with van der Waals surface area (Å²) in [7, 11) is 6.76. The Morgan fingerprint density at radius 1 is 0.706 bits per heavy atom. The van der Waals surface area contributed by atoms with E-state index in [-0.39, 0.29) is 48.2 Å². The number of carbonyl (C=O) groups is 2. The quantitative estimate of drug-likeness (QED) is 0.0528. The highest BCUT2D eigenvalue weighted by Gasteiger charge is 2.91. The Bertz CT molecular complexity index is 1720. The van der Waals surface area contributed by atoms with Crippen LogP contribution in [0.25, 0.3) is 0 Å². The molecule has 11 heteroatoms. The summed E-state index contributed by atoms with van der Waals surface area (Å²) in [5.74, 6) is -2.76. The standard InChI is InChI=1S/C57H93NO10/c1-7-9-10-11-12-13-14-15-16-17-18-19-20-21-22-23-24-25-26-27-28-32-35-44(59)68-57-45-42(38-55(62,52(66-6)50(57)60)51(45)67-53(61)41-33-30-29-31-34-41)56-43(64-4)36-37-54(40-63-3)39-58(8-2)49(56)46(57)47(65-5)48(54)56/h29-31,33-34,42-43,45-52,60,62H,7-28,32,35-40H2,1-6H3/t42-,43+,45-,46+,47+,48-,49?,50+,51-,52+,54+,55-,56+,57-/m1/s1. The molecule has 0 aromatic heterocycles. The predicted octanol–water partition coefficient (Wildman–Crippen LogP) is 10.6. The summed E-state index contributed by atoms with van der Waals surface area (Å²) >= 11 is 0. The van der Waals surface area contributed by atoms with Gasteiger partial charge in [-0.1, -0.05) is 167 Å². The first kappa shape index (κ1) is 53.7. The molecule has 68 heavy (non-hydrogen) atoms. The average molecular weight is 952 g/mol. The molecule has 1 aliphatic heterocycles. The Balaban J connectivity index is 0.990. The smallest absolute Gasteiger partial charge is 0.338 e. The van der Waals surface area contributed by atoms with Gasteiger partial charge in [-0.2, -0.15) is 0 Å². The maximum absolute atomic E-state index is 14.6. The van der Waals surface area contributed by atoms with Gasteiger partial charge in [-0.05, 0) is 50.3 Å². The summed E-state index contributed by atoms with van der Waals surface area (Å²) in [6.07, 6.45) is 26.1. The highest BCUT2D eigenvalue weighted by Crippen LogP contribution is 2.80. The topological polar surface area (TPSA) is 133 Å². The second-order valence-corrected chi connectivity index (χ2v) is 22.4. The van der Waals surface area contributed by atoms with E-state index >= 15 is 0 Å². The van der Waals surface area contributed by atoms with Crippen LogP contribution in [0.4, 0.5) is 0 Å². The van der Waals surface area contributed by atoms with E-state index in [9.17, 15) is 19.8 Å². The molecule has 0 amide bonds. The number of esters is 2. The van der Waals surface area contributed by atoms with Crippen molar-refractivity contribution in [2.24, 2.45) is 34.5 Å². The van der Waals surface area contributed by atoms with Crippen LogP contribution < -0.4 is 0 Å². The number of fused-ring (bicyclic) bond motifs is 2. The van der Waals surface area contributed by atoms with E-state index in [1.165, 1.54) is 123 Å². The van der Waals surface area contributed by atoms with E-state index in [1.54, 1.807) is 45.6 Å². The second-order valence-electron chi connectivity index (χ2n) is 22.4. The number of hydrogen-bond donors (Lipinski definition) is 2. The molecule has 7 bridgehead atoms. The number of carbonyl (C=O) groups excluding carboxylic acids is 2. The zero-order valence-electron chi connectivity index (χ0n) is 43.3. The van der Waals surface area contributed by atoms with Gasteiger partial charge in [0.15, 0.2) is 5.60 Å². The summed E-state index contributed by atoms with van der Waals surface area (Å²) in [6.45, 7) is 6.45. The molecule has 1 saturated heterocycles. The van der Waals surface area contributed by atoms with Gasteiger partial charge in [-0.15, -0.1) is 0 Å². The normalized spacial score (nSPS) is 36.5. The predicted molar refractivity (Wildman–Crippen MR) is 265 cm³/mol. The van der Waals surface area contributed by atoms with Gasteiger partial charge in [-0.3, -0.25) is 9.69 Å². The number of benzene rings is 1. The monoisotopic (exact) mass is 952 g/mol. The fourth-order valence-electron chi connectivity index (χ4n) is 16.2. The van der Waals surface area contributed by atoms with Gasteiger partial charge in [0.05, 0.1) is 24.4 Å². The number of aliphatic hydroxyl groups excluding tert-OH is 1. The summed E-state index contributed by atoms with van der Waals surface area (Å²) in [4.78, 5) is 31.3. The number of aliphatic hydroxyl groups is 2. The minimum atomic E-state index is -1.77. The van der Waals surface area contributed by atoms with Gasteiger partial charge in [0, 0.05) is 76.0 Å². The van der Waals surface area contributed by atoms with E-state index in [0.29, 0.717) is 18.6 Å². The number of nitrogens with zero attached hydrogens (tertiary/aromatic N) is 1. The first-order valence-corrected chi connectivity index (χ1v) is 27.8. The lowest BCUT2D eigenvalue weighted by atomic mass is 9.43. The molecule has 6 aliphatic rings. The van der Waals surface area contributed by atoms with E-state index in [2.05, 4.69) is 18.7 Å². The lowest BCUT2D eigenvalue weighted by Crippen LogP contribution is -2.81. The van der Waals surface area contributed by atoms with Crippen LogP contribution >= 0.6 is 0 Å². The van der Waals surface area contributed by atoms with Crippen LogP contribution in [-0.4, -0.2) is 123 Å². The molecular formula is C57H93NO10. The Morgan fingerprint density at radius 3 is 1.76 bits per heavy atom. The summed E-state index contributed by atoms with van der Waals surface area (Å²) < 4.78 is 39.2. The van der Waals surface area contributed by atoms with E-state index in [1.807, 2.05) is 6.07 Å². The Kier molecular flexibility index (Phi) is 19.4. The molecule has 1 aromatic rings. The fraction of sp³-hybridized carbons (Fsp3) is 0.860. The Morgan fingerprint density at radius 2 is 1.26 bits per heavy atom. The van der Waals surface area contributed by atoms with Crippen molar-refractivity contribution in [3.05, 3.63) is 35.9 Å². The van der Waals surface area contributed by atoms with Crippen LogP contribution in [0, 0.1) is 34.5 Å². The Labute approximate surface area is 410 Å². The average Bonchev–Trinajstić information content (AvgIpc) is 3.72. The molecule has 1 unspecified atom stereocenters. The number of likely N-dealkylation sites (tertiary alicyclic amines) is 1. The second kappa shape index (κ2) is 24.5. The van der Waals surface area contributed by atoms with Crippen molar-refractivity contribution in [3.63, 3.8) is 0 Å². The molecule has 0 radical (unpaired) electrons. The molecule has 6 fully saturated rings. The summed E-state index contributed by atoms with van der Waals surface area (Å²) in [5, 5.41) is 26.2. The molecule has 2 N–H and O–H groups in total. The molecular weight excluding hydrogens is 859 g/mol. The molecule has 7 rings (SSSR count). The molecule has 5 aliphatic carbocycles. The first-order chi connectivity index (χ1) is 33.1. The zero-order valence-corrected chi connectivity index (χ0v) is 43.3. The third-order valence-corrected chi connectivity index (χ3v) is 18.7. The molecule has 1 heterocycles. The molecule has 1 aromatic carbocycles. The summed E-state index contributed by atoms with van der Waals surface area (Å²) in [6, 6.07) is 8.59. The van der Waals surface area contributed by atoms with Crippen LogP contribution in [0.1, 0.15) is 191 Å². The minimum absolute atomic E-state index is 0.108. The maximum Gasteiger partial charge on any atom is 0.338 e. The number of rotatable bonds is 32. The lowest BCUT2D eigenvalue weighted by molar-refractivity contribution is -0.318. The molecule has 11 nitrogen and oxygen atoms in total. The Hall–Kier alpha value is -2.12. The largest absolute Gasteiger partial charge is 0.455 e. The van der Waals surface area contributed by atoms with Gasteiger partial charge in [0.25, 0.3) is 0 Å². The summed E-state index contributed by atoms with van der Waals surface area (Å²) in [5.41, 5.74) is -3.97. The third-order valence-electron chi connectivity index (χ3n) is 18.7. The van der Waals surface area contributed by atoms with Gasteiger partial charge < -0.3 is 38.6 Å². The number of hydrogen-bond acceptors (Lipinski definition) is 11. The molecule has 5 saturated carbocycles. The van der Waals surface area contributed by atoms with Crippen molar-refractivity contribution < 1.29 is 48.2 Å². The molecule has 1 spiro atoms. The highest BCUT2D eigenvalue weighted by molar-refractivity contribution is 5.89. The van der Waals surface area contributed by atoms with Crippen LogP contribution in [0.5, 0.6) is 0 Å². The number of ether oxygens (including phenoxy) is 6. The maximum atomic E-state index is 14.6. The van der Waals surface area contributed by atoms with Crippen molar-refractivity contribution in [1.82, 2.24) is 4.90 Å². The van der Waals surface area contributed by atoms with Crippen LogP contribution in [0.3, 0.4) is 0 Å². The van der Waals surface area contributed by atoms with Crippen molar-refractivity contribution in [2.75, 3.05) is 48.1 Å². The lowest BCUT2D eigenvalue weighted by Gasteiger charge is -2.69. The van der Waals surface area contributed by atoms with Crippen molar-refractivity contribution in [2.45, 2.75) is 229 Å². The first-order valence-electron chi connectivity index (χ1n) is 27.8. The SMILES string of the molecule is CCCCCCCCCCCCCCCCCCCCCCCCC(=O)O[C@]12[C@H]3[C@@H](OC(=O)c4ccccc4)[C@](O)(C[C@H]3[C@@]34C5[C@@H]1[C@H](OC)[C@@H]3[C@@](COC)(CC[C@@H]4OC)CN5CC)[C@@H](OC)[C@@H]2O. The van der Waals surface area contributed by atoms with E-state index < -0.39 is 58.8 Å². The van der Waals surface area contributed by atoms with E-state index in [0.717, 1.165) is 45.2 Å². The van der Waals surface area contributed by atoms with Gasteiger partial charge in [-0.25, -0.2) is 4.79 Å². The van der Waals surface area contributed by atoms with Gasteiger partial charge in [0.2, 0.25) is 0 Å². The number of unbranched alkanes of at least 4 members (excludes halogenated alkanes) is 21. The van der Waals surface area contributed by atoms with Crippen molar-refractivity contribution in [3.8, 4) is 0 Å². The number of piperidine rings is 1. The van der Waals surface area contributed by atoms with Gasteiger partial charge in [0.1, 0.15) is 23.9 Å². The van der Waals surface area contributed by atoms with Crippen molar-refractivity contribution in [1.29, 1.82) is 0 Å². The van der Waals surface area contributed by atoms with Crippen LogP contribution in [0.15, 0.2) is 30.3 Å². The fourth-order valence-corrected chi connectivity index (χ4v) is 16.2. The molecule has 386 valence electrons. The van der Waals surface area contributed by atoms with Crippen LogP contribution in [-0.2, 0) is 33.2 Å². The minimum Gasteiger partial charge on any atom is -0.455 e. The molecule has 14 atom stereocenters. The zero-order chi connectivity index (χ0) is 48.4. The number of methoxy groups -OCH3 is 4. The highest BCUT2D eigenvalue weighted by atomic mass is 16.6.